The van der Waals surface area contributed by atoms with Crippen molar-refractivity contribution in [3.63, 3.8) is 0 Å². The molecule has 0 spiro atoms. The normalized spacial score (nSPS) is 21.3. The number of halogens is 4. The van der Waals surface area contributed by atoms with Crippen molar-refractivity contribution in [3.8, 4) is 0 Å². The lowest BCUT2D eigenvalue weighted by molar-refractivity contribution is -0.182. The molecule has 1 unspecified atom stereocenters. The van der Waals surface area contributed by atoms with E-state index in [0.717, 1.165) is 6.26 Å². The predicted octanol–water partition coefficient (Wildman–Crippen LogP) is 0.675. The van der Waals surface area contributed by atoms with Gasteiger partial charge < -0.3 is 4.90 Å². The van der Waals surface area contributed by atoms with Crippen molar-refractivity contribution in [2.75, 3.05) is 25.9 Å². The summed E-state index contributed by atoms with van der Waals surface area (Å²) in [5.41, 5.74) is 0. The van der Waals surface area contributed by atoms with Crippen LogP contribution in [0.5, 0.6) is 0 Å². The van der Waals surface area contributed by atoms with Crippen molar-refractivity contribution in [2.24, 2.45) is 5.92 Å². The maximum absolute atomic E-state index is 13.0. The Morgan fingerprint density at radius 2 is 2.05 bits per heavy atom. The zero-order valence-corrected chi connectivity index (χ0v) is 11.6. The highest BCUT2D eigenvalue weighted by Crippen LogP contribution is 2.27. The second-order valence-corrected chi connectivity index (χ2v) is 6.64. The Morgan fingerprint density at radius 1 is 1.45 bits per heavy atom. The van der Waals surface area contributed by atoms with Crippen LogP contribution < -0.4 is 4.72 Å². The van der Waals surface area contributed by atoms with Gasteiger partial charge >= 0.3 is 12.3 Å². The lowest BCUT2D eigenvalue weighted by Crippen LogP contribution is -2.52. The molecule has 1 N–H and O–H groups in total. The van der Waals surface area contributed by atoms with Gasteiger partial charge in [0.1, 0.15) is 0 Å². The third-order valence-electron chi connectivity index (χ3n) is 3.00. The van der Waals surface area contributed by atoms with E-state index in [4.69, 9.17) is 0 Å². The second kappa shape index (κ2) is 6.25. The number of piperidine rings is 1. The van der Waals surface area contributed by atoms with Gasteiger partial charge in [-0.05, 0) is 18.8 Å². The van der Waals surface area contributed by atoms with Gasteiger partial charge in [0.25, 0.3) is 5.91 Å². The fourth-order valence-corrected chi connectivity index (χ4v) is 2.53. The number of nitrogens with zero attached hydrogens (tertiary/aromatic N) is 1. The maximum Gasteiger partial charge on any atom is 0.383 e. The van der Waals surface area contributed by atoms with Crippen molar-refractivity contribution in [2.45, 2.75) is 25.2 Å². The number of rotatable bonds is 5. The first-order chi connectivity index (χ1) is 9.04. The number of carbonyl (C=O) groups excluding carboxylic acids is 1. The predicted molar refractivity (Wildman–Crippen MR) is 63.1 cm³/mol. The average molecular weight is 320 g/mol. The van der Waals surface area contributed by atoms with Crippen molar-refractivity contribution in [1.29, 1.82) is 0 Å². The Morgan fingerprint density at radius 3 is 2.55 bits per heavy atom. The molecule has 1 atom stereocenters. The minimum atomic E-state index is -4.70. The summed E-state index contributed by atoms with van der Waals surface area (Å²) in [6.07, 6.45) is -2.21. The second-order valence-electron chi connectivity index (χ2n) is 4.80. The molecule has 10 heteroatoms. The monoisotopic (exact) mass is 320 g/mol. The van der Waals surface area contributed by atoms with Crippen LogP contribution in [0.15, 0.2) is 0 Å². The lowest BCUT2D eigenvalue weighted by Gasteiger charge is -2.34. The van der Waals surface area contributed by atoms with Crippen LogP contribution in [-0.4, -0.2) is 57.5 Å². The number of hydrogen-bond acceptors (Lipinski definition) is 3. The first-order valence-corrected chi connectivity index (χ1v) is 7.83. The molecule has 1 fully saturated rings. The quantitative estimate of drug-likeness (QED) is 0.758. The first kappa shape index (κ1) is 17.2. The molecular formula is C10H16F4N2O3S. The number of nitrogens with one attached hydrogen (secondary N) is 1. The van der Waals surface area contributed by atoms with Crippen LogP contribution in [0.1, 0.15) is 12.8 Å². The molecule has 0 aromatic heterocycles. The Hall–Kier alpha value is -0.900. The SMILES string of the molecule is CS(=O)(=O)NCC1CCCN(C(=O)C(F)(F)C(F)F)C1. The standard InChI is InChI=1S/C10H16F4N2O3S/c1-20(18,19)15-5-7-3-2-4-16(6-7)9(17)10(13,14)8(11)12/h7-8,15H,2-6H2,1H3. The van der Waals surface area contributed by atoms with E-state index < -0.39 is 28.3 Å². The van der Waals surface area contributed by atoms with Gasteiger partial charge in [-0.2, -0.15) is 8.78 Å². The molecule has 0 saturated carbocycles. The van der Waals surface area contributed by atoms with Crippen molar-refractivity contribution in [3.05, 3.63) is 0 Å². The summed E-state index contributed by atoms with van der Waals surface area (Å²) in [6.45, 7) is -0.205. The van der Waals surface area contributed by atoms with Crippen LogP contribution in [0, 0.1) is 5.92 Å². The van der Waals surface area contributed by atoms with Crippen molar-refractivity contribution in [1.82, 2.24) is 9.62 Å². The molecule has 1 heterocycles. The number of amides is 1. The summed E-state index contributed by atoms with van der Waals surface area (Å²) >= 11 is 0. The fraction of sp³-hybridized carbons (Fsp3) is 0.900. The molecule has 0 radical (unpaired) electrons. The molecule has 1 aliphatic heterocycles. The summed E-state index contributed by atoms with van der Waals surface area (Å²) in [6, 6.07) is 0. The van der Waals surface area contributed by atoms with Crippen LogP contribution in [0.4, 0.5) is 17.6 Å². The number of carbonyl (C=O) groups is 1. The van der Waals surface area contributed by atoms with Gasteiger partial charge in [0.2, 0.25) is 10.0 Å². The van der Waals surface area contributed by atoms with Crippen LogP contribution >= 0.6 is 0 Å². The highest BCUT2D eigenvalue weighted by atomic mass is 32.2. The van der Waals surface area contributed by atoms with E-state index >= 15 is 0 Å². The van der Waals surface area contributed by atoms with Gasteiger partial charge in [-0.1, -0.05) is 0 Å². The molecule has 5 nitrogen and oxygen atoms in total. The summed E-state index contributed by atoms with van der Waals surface area (Å²) in [5, 5.41) is 0. The van der Waals surface area contributed by atoms with E-state index in [1.54, 1.807) is 0 Å². The Kier molecular flexibility index (Phi) is 5.36. The number of hydrogen-bond donors (Lipinski definition) is 1. The summed E-state index contributed by atoms with van der Waals surface area (Å²) < 4.78 is 74.3. The molecule has 1 rings (SSSR count). The van der Waals surface area contributed by atoms with Crippen LogP contribution in [-0.2, 0) is 14.8 Å². The molecule has 0 aliphatic carbocycles. The van der Waals surface area contributed by atoms with Gasteiger partial charge in [-0.15, -0.1) is 0 Å². The Labute approximate surface area is 114 Å². The largest absolute Gasteiger partial charge is 0.383 e. The molecule has 0 aromatic rings. The van der Waals surface area contributed by atoms with Gasteiger partial charge in [0.15, 0.2) is 0 Å². The molecule has 1 amide bonds. The van der Waals surface area contributed by atoms with E-state index in [9.17, 15) is 30.8 Å². The third-order valence-corrected chi connectivity index (χ3v) is 3.69. The third kappa shape index (κ3) is 4.58. The number of likely N-dealkylation sites (tertiary alicyclic amines) is 1. The lowest BCUT2D eigenvalue weighted by atomic mass is 9.98. The molecule has 118 valence electrons. The van der Waals surface area contributed by atoms with E-state index in [1.807, 2.05) is 0 Å². The summed E-state index contributed by atoms with van der Waals surface area (Å²) in [4.78, 5) is 12.0. The highest BCUT2D eigenvalue weighted by molar-refractivity contribution is 7.88. The minimum absolute atomic E-state index is 0.0110. The Balaban J connectivity index is 2.63. The van der Waals surface area contributed by atoms with E-state index in [0.29, 0.717) is 17.7 Å². The fourth-order valence-electron chi connectivity index (χ4n) is 1.99. The molecule has 1 aliphatic rings. The van der Waals surface area contributed by atoms with Crippen molar-refractivity contribution < 1.29 is 30.8 Å². The Bertz CT molecular complexity index is 455. The topological polar surface area (TPSA) is 66.5 Å². The minimum Gasteiger partial charge on any atom is -0.337 e. The summed E-state index contributed by atoms with van der Waals surface area (Å²) in [5.74, 6) is -6.97. The van der Waals surface area contributed by atoms with Gasteiger partial charge in [0.05, 0.1) is 6.26 Å². The number of sulfonamides is 1. The van der Waals surface area contributed by atoms with Crippen LogP contribution in [0.2, 0.25) is 0 Å². The zero-order chi connectivity index (χ0) is 15.6. The first-order valence-electron chi connectivity index (χ1n) is 5.94. The molecule has 0 aromatic carbocycles. The van der Waals surface area contributed by atoms with Crippen LogP contribution in [0.3, 0.4) is 0 Å². The van der Waals surface area contributed by atoms with Gasteiger partial charge in [-0.25, -0.2) is 21.9 Å². The van der Waals surface area contributed by atoms with Crippen LogP contribution in [0.25, 0.3) is 0 Å². The van der Waals surface area contributed by atoms with E-state index in [1.165, 1.54) is 0 Å². The highest BCUT2D eigenvalue weighted by Gasteiger charge is 2.51. The zero-order valence-electron chi connectivity index (χ0n) is 10.8. The number of alkyl halides is 4. The van der Waals surface area contributed by atoms with Crippen molar-refractivity contribution >= 4 is 15.9 Å². The molecular weight excluding hydrogens is 304 g/mol. The van der Waals surface area contributed by atoms with E-state index in [2.05, 4.69) is 4.72 Å². The average Bonchev–Trinajstić information content (AvgIpc) is 2.34. The summed E-state index contributed by atoms with van der Waals surface area (Å²) in [7, 11) is -3.42. The maximum atomic E-state index is 13.0. The molecule has 20 heavy (non-hydrogen) atoms. The van der Waals surface area contributed by atoms with Gasteiger partial charge in [-0.3, -0.25) is 4.79 Å². The smallest absolute Gasteiger partial charge is 0.337 e. The molecule has 0 bridgehead atoms. The van der Waals surface area contributed by atoms with Gasteiger partial charge in [0, 0.05) is 19.6 Å². The molecule has 1 saturated heterocycles. The van der Waals surface area contributed by atoms with E-state index in [-0.39, 0.29) is 25.6 Å².